The number of H-pyrrole nitrogens is 1. The summed E-state index contributed by atoms with van der Waals surface area (Å²) in [6.45, 7) is 1.23. The Labute approximate surface area is 192 Å². The van der Waals surface area contributed by atoms with E-state index in [2.05, 4.69) is 9.97 Å². The molecule has 1 aliphatic rings. The third-order valence-corrected chi connectivity index (χ3v) is 6.11. The van der Waals surface area contributed by atoms with E-state index < -0.39 is 0 Å². The van der Waals surface area contributed by atoms with Crippen LogP contribution in [0.25, 0.3) is 22.4 Å². The summed E-state index contributed by atoms with van der Waals surface area (Å²) in [6.07, 6.45) is 0.574. The highest BCUT2D eigenvalue weighted by molar-refractivity contribution is 6.31. The van der Waals surface area contributed by atoms with Crippen molar-refractivity contribution >= 4 is 40.1 Å². The fourth-order valence-electron chi connectivity index (χ4n) is 3.96. The Balaban J connectivity index is 1.45. The van der Waals surface area contributed by atoms with Gasteiger partial charge in [0, 0.05) is 41.7 Å². The number of nitrogens with two attached hydrogens (primary N) is 1. The molecule has 3 N–H and O–H groups in total. The van der Waals surface area contributed by atoms with Crippen LogP contribution >= 0.6 is 23.2 Å². The predicted molar refractivity (Wildman–Crippen MR) is 125 cm³/mol. The van der Waals surface area contributed by atoms with Crippen LogP contribution < -0.4 is 16.7 Å². The van der Waals surface area contributed by atoms with Gasteiger partial charge in [0.15, 0.2) is 11.3 Å². The van der Waals surface area contributed by atoms with E-state index in [1.54, 1.807) is 30.3 Å². The minimum Gasteiger partial charge on any atom is -0.440 e. The van der Waals surface area contributed by atoms with Crippen molar-refractivity contribution in [3.8, 4) is 11.4 Å². The predicted octanol–water partition coefficient (Wildman–Crippen LogP) is 3.99. The van der Waals surface area contributed by atoms with Crippen molar-refractivity contribution in [3.05, 3.63) is 89.9 Å². The zero-order chi connectivity index (χ0) is 22.4. The quantitative estimate of drug-likeness (QED) is 0.470. The molecule has 0 amide bonds. The van der Waals surface area contributed by atoms with Crippen molar-refractivity contribution in [1.29, 1.82) is 0 Å². The van der Waals surface area contributed by atoms with E-state index >= 15 is 0 Å². The topological polar surface area (TPSA) is 105 Å². The molecule has 0 saturated carbocycles. The third kappa shape index (κ3) is 3.79. The Morgan fingerprint density at radius 1 is 1.09 bits per heavy atom. The van der Waals surface area contributed by atoms with E-state index in [0.29, 0.717) is 57.5 Å². The van der Waals surface area contributed by atoms with Crippen LogP contribution in [-0.4, -0.2) is 21.4 Å². The molecule has 0 saturated heterocycles. The largest absolute Gasteiger partial charge is 0.440 e. The molecule has 2 aromatic heterocycles. The monoisotopic (exact) mass is 468 g/mol. The molecular formula is C23H18Cl2N4O3. The second-order valence-electron chi connectivity index (χ2n) is 7.72. The van der Waals surface area contributed by atoms with Gasteiger partial charge < -0.3 is 15.1 Å². The smallest absolute Gasteiger partial charge is 0.255 e. The zero-order valence-electron chi connectivity index (χ0n) is 16.8. The van der Waals surface area contributed by atoms with Gasteiger partial charge in [-0.15, -0.1) is 0 Å². The van der Waals surface area contributed by atoms with Crippen molar-refractivity contribution < 1.29 is 4.42 Å². The molecule has 0 fully saturated rings. The van der Waals surface area contributed by atoms with Crippen LogP contribution in [0.15, 0.2) is 56.5 Å². The van der Waals surface area contributed by atoms with Gasteiger partial charge >= 0.3 is 0 Å². The lowest BCUT2D eigenvalue weighted by molar-refractivity contribution is 0.240. The molecule has 3 heterocycles. The van der Waals surface area contributed by atoms with E-state index in [0.717, 1.165) is 11.3 Å². The summed E-state index contributed by atoms with van der Waals surface area (Å²) < 4.78 is 5.64. The standard InChI is InChI=1S/C23H18Cl2N4O3/c24-13-3-1-12(2-4-13)22-27-18-7-8-29(10-16(18)23(31)28-22)11-17-20(30)15-9-14(25)5-6-19(15)32-21(17)26/h1-6,9H,7-8,10-11,26H2,(H,27,28,31). The van der Waals surface area contributed by atoms with E-state index in [1.807, 2.05) is 17.0 Å². The highest BCUT2D eigenvalue weighted by atomic mass is 35.5. The first-order chi connectivity index (χ1) is 15.4. The molecule has 9 heteroatoms. The maximum absolute atomic E-state index is 13.0. The van der Waals surface area contributed by atoms with Crippen molar-refractivity contribution in [3.63, 3.8) is 0 Å². The number of hydrogen-bond acceptors (Lipinski definition) is 6. The summed E-state index contributed by atoms with van der Waals surface area (Å²) in [5.41, 5.74) is 8.49. The van der Waals surface area contributed by atoms with Gasteiger partial charge in [0.2, 0.25) is 0 Å². The number of hydrogen-bond donors (Lipinski definition) is 2. The van der Waals surface area contributed by atoms with Crippen LogP contribution in [0, 0.1) is 0 Å². The van der Waals surface area contributed by atoms with Gasteiger partial charge in [-0.2, -0.15) is 0 Å². The lowest BCUT2D eigenvalue weighted by Crippen LogP contribution is -2.36. The molecule has 7 nitrogen and oxygen atoms in total. The lowest BCUT2D eigenvalue weighted by Gasteiger charge is -2.27. The summed E-state index contributed by atoms with van der Waals surface area (Å²) in [6, 6.07) is 12.0. The number of anilines is 1. The number of nitrogens with zero attached hydrogens (tertiary/aromatic N) is 2. The molecule has 0 atom stereocenters. The van der Waals surface area contributed by atoms with Gasteiger partial charge in [-0.1, -0.05) is 23.2 Å². The number of rotatable bonds is 3. The molecule has 32 heavy (non-hydrogen) atoms. The van der Waals surface area contributed by atoms with Gasteiger partial charge in [0.25, 0.3) is 5.56 Å². The molecule has 5 rings (SSSR count). The number of nitrogens with one attached hydrogen (secondary N) is 1. The van der Waals surface area contributed by atoms with Crippen molar-refractivity contribution in [1.82, 2.24) is 14.9 Å². The first-order valence-electron chi connectivity index (χ1n) is 10.00. The van der Waals surface area contributed by atoms with Crippen molar-refractivity contribution in [2.24, 2.45) is 0 Å². The Hall–Kier alpha value is -3.13. The normalized spacial score (nSPS) is 13.9. The Morgan fingerprint density at radius 3 is 2.62 bits per heavy atom. The fourth-order valence-corrected chi connectivity index (χ4v) is 4.25. The van der Waals surface area contributed by atoms with E-state index in [1.165, 1.54) is 0 Å². The molecule has 0 radical (unpaired) electrons. The second kappa shape index (κ2) is 8.09. The molecule has 4 aromatic rings. The molecule has 2 aromatic carbocycles. The Bertz CT molecular complexity index is 1460. The van der Waals surface area contributed by atoms with E-state index in [-0.39, 0.29) is 23.4 Å². The number of halogens is 2. The highest BCUT2D eigenvalue weighted by Gasteiger charge is 2.24. The second-order valence-corrected chi connectivity index (χ2v) is 8.59. The van der Waals surface area contributed by atoms with E-state index in [4.69, 9.17) is 33.4 Å². The summed E-state index contributed by atoms with van der Waals surface area (Å²) >= 11 is 12.0. The highest BCUT2D eigenvalue weighted by Crippen LogP contribution is 2.24. The van der Waals surface area contributed by atoms with Crippen LogP contribution in [0.2, 0.25) is 10.0 Å². The van der Waals surface area contributed by atoms with Crippen LogP contribution in [0.3, 0.4) is 0 Å². The van der Waals surface area contributed by atoms with Crippen LogP contribution in [0.1, 0.15) is 16.8 Å². The van der Waals surface area contributed by atoms with Gasteiger partial charge in [-0.25, -0.2) is 4.98 Å². The van der Waals surface area contributed by atoms with Crippen LogP contribution in [0.4, 0.5) is 5.88 Å². The first-order valence-corrected chi connectivity index (χ1v) is 10.8. The molecule has 0 aliphatic carbocycles. The SMILES string of the molecule is Nc1oc2ccc(Cl)cc2c(=O)c1CN1CCc2nc(-c3ccc(Cl)cc3)[nH]c(=O)c2C1. The summed E-state index contributed by atoms with van der Waals surface area (Å²) in [4.78, 5) is 35.3. The number of nitrogen functional groups attached to an aromatic ring is 1. The van der Waals surface area contributed by atoms with Crippen LogP contribution in [0.5, 0.6) is 0 Å². The van der Waals surface area contributed by atoms with Gasteiger partial charge in [-0.05, 0) is 42.5 Å². The van der Waals surface area contributed by atoms with E-state index in [9.17, 15) is 9.59 Å². The first kappa shape index (κ1) is 20.8. The van der Waals surface area contributed by atoms with Gasteiger partial charge in [0.1, 0.15) is 11.4 Å². The maximum atomic E-state index is 13.0. The molecule has 0 bridgehead atoms. The minimum absolute atomic E-state index is 0.0701. The summed E-state index contributed by atoms with van der Waals surface area (Å²) in [7, 11) is 0. The van der Waals surface area contributed by atoms with Gasteiger partial charge in [0.05, 0.1) is 22.2 Å². The number of benzene rings is 2. The molecule has 1 aliphatic heterocycles. The molecule has 0 unspecified atom stereocenters. The average Bonchev–Trinajstić information content (AvgIpc) is 2.78. The lowest BCUT2D eigenvalue weighted by atomic mass is 10.0. The van der Waals surface area contributed by atoms with Crippen molar-refractivity contribution in [2.45, 2.75) is 19.5 Å². The number of aromatic nitrogens is 2. The third-order valence-electron chi connectivity index (χ3n) is 5.62. The molecule has 162 valence electrons. The maximum Gasteiger partial charge on any atom is 0.255 e. The summed E-state index contributed by atoms with van der Waals surface area (Å²) in [5, 5.41) is 1.44. The zero-order valence-corrected chi connectivity index (χ0v) is 18.3. The molecule has 0 spiro atoms. The Morgan fingerprint density at radius 2 is 1.84 bits per heavy atom. The van der Waals surface area contributed by atoms with Crippen molar-refractivity contribution in [2.75, 3.05) is 12.3 Å². The van der Waals surface area contributed by atoms with Crippen LogP contribution in [-0.2, 0) is 19.5 Å². The minimum atomic E-state index is -0.220. The van der Waals surface area contributed by atoms with Gasteiger partial charge in [-0.3, -0.25) is 14.5 Å². The number of aromatic amines is 1. The Kier molecular flexibility index (Phi) is 5.25. The average molecular weight is 469 g/mol. The molecular weight excluding hydrogens is 451 g/mol. The fraction of sp³-hybridized carbons (Fsp3) is 0.174. The summed E-state index contributed by atoms with van der Waals surface area (Å²) in [5.74, 6) is 0.580. The number of fused-ring (bicyclic) bond motifs is 2.